The number of anilines is 1. The summed E-state index contributed by atoms with van der Waals surface area (Å²) in [6, 6.07) is 8.26. The van der Waals surface area contributed by atoms with Crippen molar-refractivity contribution < 1.29 is 9.72 Å². The van der Waals surface area contributed by atoms with Crippen LogP contribution < -0.4 is 5.32 Å². The van der Waals surface area contributed by atoms with Gasteiger partial charge in [-0.1, -0.05) is 17.8 Å². The maximum atomic E-state index is 12.2. The van der Waals surface area contributed by atoms with E-state index in [0.29, 0.717) is 22.2 Å². The molecule has 0 fully saturated rings. The fourth-order valence-corrected chi connectivity index (χ4v) is 3.17. The monoisotopic (exact) mass is 384 g/mol. The van der Waals surface area contributed by atoms with Gasteiger partial charge in [-0.15, -0.1) is 10.2 Å². The number of benzene rings is 1. The molecule has 0 aliphatic carbocycles. The van der Waals surface area contributed by atoms with Gasteiger partial charge in [0, 0.05) is 31.1 Å². The highest BCUT2D eigenvalue weighted by atomic mass is 32.2. The van der Waals surface area contributed by atoms with E-state index in [0.717, 1.165) is 5.56 Å². The van der Waals surface area contributed by atoms with Crippen LogP contribution in [0.25, 0.3) is 11.4 Å². The van der Waals surface area contributed by atoms with Crippen LogP contribution in [0.1, 0.15) is 5.56 Å². The molecule has 0 saturated heterocycles. The summed E-state index contributed by atoms with van der Waals surface area (Å²) in [5.74, 6) is 0.469. The summed E-state index contributed by atoms with van der Waals surface area (Å²) in [5, 5.41) is 22.5. The first-order chi connectivity index (χ1) is 13.0. The van der Waals surface area contributed by atoms with E-state index in [-0.39, 0.29) is 17.3 Å². The molecule has 138 valence electrons. The predicted molar refractivity (Wildman–Crippen MR) is 101 cm³/mol. The fraction of sp³-hybridized carbons (Fsp3) is 0.176. The number of nitrogens with zero attached hydrogens (tertiary/aromatic N) is 5. The van der Waals surface area contributed by atoms with Crippen LogP contribution in [0.5, 0.6) is 0 Å². The van der Waals surface area contributed by atoms with Gasteiger partial charge >= 0.3 is 0 Å². The topological polar surface area (TPSA) is 116 Å². The van der Waals surface area contributed by atoms with Gasteiger partial charge in [-0.25, -0.2) is 0 Å². The van der Waals surface area contributed by atoms with Gasteiger partial charge in [-0.3, -0.25) is 19.9 Å². The zero-order valence-corrected chi connectivity index (χ0v) is 15.4. The smallest absolute Gasteiger partial charge is 0.274 e. The third-order valence-corrected chi connectivity index (χ3v) is 4.88. The highest BCUT2D eigenvalue weighted by Crippen LogP contribution is 2.26. The Hall–Kier alpha value is -3.27. The summed E-state index contributed by atoms with van der Waals surface area (Å²) in [4.78, 5) is 26.8. The molecular formula is C17H16N6O3S. The minimum Gasteiger partial charge on any atom is -0.325 e. The van der Waals surface area contributed by atoms with E-state index in [4.69, 9.17) is 0 Å². The molecule has 3 aromatic rings. The molecule has 0 aliphatic rings. The van der Waals surface area contributed by atoms with E-state index in [1.54, 1.807) is 30.0 Å². The number of nitro benzene ring substituents is 1. The summed E-state index contributed by atoms with van der Waals surface area (Å²) < 4.78 is 1.79. The maximum absolute atomic E-state index is 12.2. The van der Waals surface area contributed by atoms with Crippen molar-refractivity contribution in [1.29, 1.82) is 0 Å². The number of thioether (sulfide) groups is 1. The minimum absolute atomic E-state index is 0.0325. The molecule has 0 bridgehead atoms. The Morgan fingerprint density at radius 1 is 1.30 bits per heavy atom. The number of nitro groups is 1. The second kappa shape index (κ2) is 7.96. The van der Waals surface area contributed by atoms with Gasteiger partial charge in [-0.2, -0.15) is 0 Å². The van der Waals surface area contributed by atoms with Crippen molar-refractivity contribution in [3.8, 4) is 11.4 Å². The quantitative estimate of drug-likeness (QED) is 0.394. The van der Waals surface area contributed by atoms with Crippen LogP contribution in [0.4, 0.5) is 11.4 Å². The Labute approximate surface area is 159 Å². The Bertz CT molecular complexity index is 990. The number of aromatic nitrogens is 4. The van der Waals surface area contributed by atoms with Crippen LogP contribution in [0.2, 0.25) is 0 Å². The molecule has 0 atom stereocenters. The van der Waals surface area contributed by atoms with Gasteiger partial charge in [-0.05, 0) is 25.1 Å². The molecule has 27 heavy (non-hydrogen) atoms. The van der Waals surface area contributed by atoms with Gasteiger partial charge < -0.3 is 9.88 Å². The Kier molecular flexibility index (Phi) is 5.46. The minimum atomic E-state index is -0.473. The normalized spacial score (nSPS) is 10.6. The lowest BCUT2D eigenvalue weighted by Crippen LogP contribution is -2.15. The molecule has 0 saturated carbocycles. The number of rotatable bonds is 6. The highest BCUT2D eigenvalue weighted by molar-refractivity contribution is 7.99. The number of hydrogen-bond acceptors (Lipinski definition) is 7. The number of carbonyl (C=O) groups is 1. The van der Waals surface area contributed by atoms with Crippen molar-refractivity contribution in [2.24, 2.45) is 7.05 Å². The molecule has 2 heterocycles. The molecule has 0 unspecified atom stereocenters. The average Bonchev–Trinajstić information content (AvgIpc) is 3.03. The number of amides is 1. The molecule has 1 N–H and O–H groups in total. The first-order valence-electron chi connectivity index (χ1n) is 7.94. The second-order valence-electron chi connectivity index (χ2n) is 5.65. The van der Waals surface area contributed by atoms with Gasteiger partial charge in [0.15, 0.2) is 11.0 Å². The Morgan fingerprint density at radius 3 is 2.81 bits per heavy atom. The van der Waals surface area contributed by atoms with Crippen molar-refractivity contribution in [3.63, 3.8) is 0 Å². The molecule has 2 aromatic heterocycles. The van der Waals surface area contributed by atoms with Crippen molar-refractivity contribution >= 4 is 29.0 Å². The van der Waals surface area contributed by atoms with Crippen molar-refractivity contribution in [2.45, 2.75) is 12.1 Å². The molecule has 0 radical (unpaired) electrons. The summed E-state index contributed by atoms with van der Waals surface area (Å²) in [6.07, 6.45) is 3.37. The summed E-state index contributed by atoms with van der Waals surface area (Å²) in [7, 11) is 1.81. The highest BCUT2D eigenvalue weighted by Gasteiger charge is 2.16. The number of carbonyl (C=O) groups excluding carboxylic acids is 1. The van der Waals surface area contributed by atoms with E-state index in [2.05, 4.69) is 20.5 Å². The summed E-state index contributed by atoms with van der Waals surface area (Å²) in [5.41, 5.74) is 1.63. The van der Waals surface area contributed by atoms with Crippen LogP contribution in [0, 0.1) is 17.0 Å². The lowest BCUT2D eigenvalue weighted by molar-refractivity contribution is -0.385. The van der Waals surface area contributed by atoms with E-state index in [1.165, 1.54) is 23.9 Å². The second-order valence-corrected chi connectivity index (χ2v) is 6.59. The summed E-state index contributed by atoms with van der Waals surface area (Å²) in [6.45, 7) is 1.60. The van der Waals surface area contributed by atoms with Crippen LogP contribution in [-0.2, 0) is 11.8 Å². The van der Waals surface area contributed by atoms with Gasteiger partial charge in [0.1, 0.15) is 0 Å². The predicted octanol–water partition coefficient (Wildman–Crippen LogP) is 2.82. The van der Waals surface area contributed by atoms with Crippen LogP contribution >= 0.6 is 11.8 Å². The molecule has 1 aromatic carbocycles. The lowest BCUT2D eigenvalue weighted by Gasteiger charge is -2.08. The number of pyridine rings is 1. The average molecular weight is 384 g/mol. The first-order valence-corrected chi connectivity index (χ1v) is 8.92. The fourth-order valence-electron chi connectivity index (χ4n) is 2.46. The van der Waals surface area contributed by atoms with Gasteiger partial charge in [0.25, 0.3) is 5.69 Å². The molecule has 1 amide bonds. The van der Waals surface area contributed by atoms with Gasteiger partial charge in [0.2, 0.25) is 5.91 Å². The molecule has 0 spiro atoms. The number of nitrogens with one attached hydrogen (secondary N) is 1. The van der Waals surface area contributed by atoms with Crippen LogP contribution in [0.3, 0.4) is 0 Å². The zero-order valence-electron chi connectivity index (χ0n) is 14.6. The largest absolute Gasteiger partial charge is 0.325 e. The molecule has 0 aliphatic heterocycles. The number of hydrogen-bond donors (Lipinski definition) is 1. The van der Waals surface area contributed by atoms with Crippen molar-refractivity contribution in [2.75, 3.05) is 11.1 Å². The van der Waals surface area contributed by atoms with E-state index in [9.17, 15) is 14.9 Å². The van der Waals surface area contributed by atoms with Crippen LogP contribution in [0.15, 0.2) is 47.9 Å². The van der Waals surface area contributed by atoms with Gasteiger partial charge in [0.05, 0.1) is 21.9 Å². The Balaban J connectivity index is 1.66. The molecule has 9 nitrogen and oxygen atoms in total. The third kappa shape index (κ3) is 4.11. The molecule has 10 heteroatoms. The zero-order chi connectivity index (χ0) is 19.4. The third-order valence-electron chi connectivity index (χ3n) is 3.86. The van der Waals surface area contributed by atoms with E-state index < -0.39 is 4.92 Å². The van der Waals surface area contributed by atoms with Crippen molar-refractivity contribution in [3.05, 3.63) is 58.4 Å². The van der Waals surface area contributed by atoms with E-state index in [1.807, 2.05) is 19.2 Å². The first kappa shape index (κ1) is 18.5. The standard InChI is InChI=1S/C17H16N6O3S/c1-11-13(6-3-7-14(11)23(25)26)19-15(24)10-27-17-21-20-16(22(17)2)12-5-4-8-18-9-12/h3-9H,10H2,1-2H3,(H,19,24). The molecular weight excluding hydrogens is 368 g/mol. The summed E-state index contributed by atoms with van der Waals surface area (Å²) >= 11 is 1.23. The van der Waals surface area contributed by atoms with E-state index >= 15 is 0 Å². The van der Waals surface area contributed by atoms with Crippen LogP contribution in [-0.4, -0.2) is 36.3 Å². The Morgan fingerprint density at radius 2 is 2.11 bits per heavy atom. The SMILES string of the molecule is Cc1c(NC(=O)CSc2nnc(-c3cccnc3)n2C)cccc1[N+](=O)[O-]. The lowest BCUT2D eigenvalue weighted by atomic mass is 10.1. The maximum Gasteiger partial charge on any atom is 0.274 e. The molecule has 3 rings (SSSR count). The van der Waals surface area contributed by atoms with Crippen molar-refractivity contribution in [1.82, 2.24) is 19.7 Å².